The van der Waals surface area contributed by atoms with Crippen molar-refractivity contribution in [2.45, 2.75) is 19.0 Å². The first-order valence-electron chi connectivity index (χ1n) is 4.34. The average molecular weight is 226 g/mol. The van der Waals surface area contributed by atoms with Gasteiger partial charge < -0.3 is 0 Å². The van der Waals surface area contributed by atoms with Gasteiger partial charge in [0.2, 0.25) is 0 Å². The number of thiol groups is 1. The Balaban J connectivity index is 2.63. The summed E-state index contributed by atoms with van der Waals surface area (Å²) in [7, 11) is 0. The van der Waals surface area contributed by atoms with Gasteiger partial charge in [0.1, 0.15) is 0 Å². The van der Waals surface area contributed by atoms with Crippen LogP contribution in [0.5, 0.6) is 0 Å². The van der Waals surface area contributed by atoms with E-state index in [0.717, 1.165) is 33.6 Å². The van der Waals surface area contributed by atoms with Crippen molar-refractivity contribution < 1.29 is 0 Å². The maximum Gasteiger partial charge on any atom is 0.188 e. The van der Waals surface area contributed by atoms with Crippen LogP contribution in [0.15, 0.2) is 23.4 Å². The Bertz CT molecular complexity index is 317. The molecule has 0 fully saturated rings. The third-order valence-electron chi connectivity index (χ3n) is 1.59. The first-order chi connectivity index (χ1) is 6.61. The molecule has 1 aromatic heterocycles. The number of nitrogens with zero attached hydrogens (tertiary/aromatic N) is 2. The normalized spacial score (nSPS) is 10.2. The minimum absolute atomic E-state index is 0.720. The van der Waals surface area contributed by atoms with E-state index in [4.69, 9.17) is 0 Å². The van der Waals surface area contributed by atoms with Crippen molar-refractivity contribution in [3.8, 4) is 0 Å². The summed E-state index contributed by atoms with van der Waals surface area (Å²) in [5.41, 5.74) is 3.12. The fourth-order valence-electron chi connectivity index (χ4n) is 0.970. The van der Waals surface area contributed by atoms with Gasteiger partial charge in [-0.05, 0) is 19.9 Å². The molecule has 0 spiro atoms. The molecule has 1 rings (SSSR count). The molecule has 0 N–H and O–H groups in total. The Hall–Kier alpha value is -0.480. The molecule has 0 unspecified atom stereocenters. The van der Waals surface area contributed by atoms with Crippen molar-refractivity contribution >= 4 is 24.4 Å². The Morgan fingerprint density at radius 3 is 2.50 bits per heavy atom. The summed E-state index contributed by atoms with van der Waals surface area (Å²) in [4.78, 5) is 8.65. The molecule has 2 nitrogen and oxygen atoms in total. The lowest BCUT2D eigenvalue weighted by atomic mass is 10.4. The molecule has 0 aromatic carbocycles. The number of aryl methyl sites for hydroxylation is 2. The van der Waals surface area contributed by atoms with E-state index in [0.29, 0.717) is 0 Å². The summed E-state index contributed by atoms with van der Waals surface area (Å²) in [5, 5.41) is 0.824. The summed E-state index contributed by atoms with van der Waals surface area (Å²) in [6.07, 6.45) is 0. The molecule has 0 radical (unpaired) electrons. The van der Waals surface area contributed by atoms with Crippen LogP contribution in [-0.4, -0.2) is 21.5 Å². The van der Waals surface area contributed by atoms with Crippen molar-refractivity contribution in [1.29, 1.82) is 0 Å². The lowest BCUT2D eigenvalue weighted by Gasteiger charge is -2.03. The second-order valence-electron chi connectivity index (χ2n) is 3.13. The molecule has 1 aromatic rings. The first kappa shape index (κ1) is 11.6. The standard InChI is InChI=1S/C10H14N2S2/c1-7(5-13)6-14-10-11-8(2)4-9(3)12-10/h4,13H,1,5-6H2,2-3H3. The molecule has 0 aliphatic rings. The highest BCUT2D eigenvalue weighted by Crippen LogP contribution is 2.16. The van der Waals surface area contributed by atoms with Crippen molar-refractivity contribution in [3.63, 3.8) is 0 Å². The van der Waals surface area contributed by atoms with E-state index in [1.54, 1.807) is 11.8 Å². The number of hydrogen-bond donors (Lipinski definition) is 1. The number of thioether (sulfide) groups is 1. The van der Waals surface area contributed by atoms with Gasteiger partial charge in [-0.3, -0.25) is 0 Å². The number of aromatic nitrogens is 2. The molecule has 0 saturated carbocycles. The van der Waals surface area contributed by atoms with Crippen LogP contribution in [0.2, 0.25) is 0 Å². The highest BCUT2D eigenvalue weighted by molar-refractivity contribution is 7.99. The molecule has 14 heavy (non-hydrogen) atoms. The van der Waals surface area contributed by atoms with Gasteiger partial charge in [-0.25, -0.2) is 9.97 Å². The summed E-state index contributed by atoms with van der Waals surface area (Å²) in [6.45, 7) is 7.84. The van der Waals surface area contributed by atoms with Crippen LogP contribution in [0.4, 0.5) is 0 Å². The molecular weight excluding hydrogens is 212 g/mol. The zero-order chi connectivity index (χ0) is 10.6. The first-order valence-corrected chi connectivity index (χ1v) is 5.96. The highest BCUT2D eigenvalue weighted by Gasteiger charge is 2.01. The van der Waals surface area contributed by atoms with E-state index in [-0.39, 0.29) is 0 Å². The predicted molar refractivity (Wildman–Crippen MR) is 65.2 cm³/mol. The van der Waals surface area contributed by atoms with E-state index in [2.05, 4.69) is 29.2 Å². The van der Waals surface area contributed by atoms with E-state index < -0.39 is 0 Å². The number of rotatable bonds is 4. The van der Waals surface area contributed by atoms with Gasteiger partial charge in [0.15, 0.2) is 5.16 Å². The zero-order valence-corrected chi connectivity index (χ0v) is 10.2. The zero-order valence-electron chi connectivity index (χ0n) is 8.45. The minimum atomic E-state index is 0.720. The molecule has 0 aliphatic carbocycles. The maximum atomic E-state index is 4.33. The van der Waals surface area contributed by atoms with E-state index >= 15 is 0 Å². The van der Waals surface area contributed by atoms with Gasteiger partial charge in [-0.15, -0.1) is 0 Å². The molecule has 0 aliphatic heterocycles. The lowest BCUT2D eigenvalue weighted by molar-refractivity contribution is 0.903. The predicted octanol–water partition coefficient (Wildman–Crippen LogP) is 2.67. The van der Waals surface area contributed by atoms with Crippen LogP contribution in [-0.2, 0) is 0 Å². The molecular formula is C10H14N2S2. The molecule has 0 bridgehead atoms. The second-order valence-corrected chi connectivity index (χ2v) is 4.39. The fraction of sp³-hybridized carbons (Fsp3) is 0.400. The lowest BCUT2D eigenvalue weighted by Crippen LogP contribution is -1.95. The van der Waals surface area contributed by atoms with E-state index in [1.165, 1.54) is 0 Å². The largest absolute Gasteiger partial charge is 0.228 e. The molecule has 0 atom stereocenters. The Morgan fingerprint density at radius 2 is 2.00 bits per heavy atom. The third-order valence-corrected chi connectivity index (χ3v) is 3.03. The maximum absolute atomic E-state index is 4.33. The van der Waals surface area contributed by atoms with Gasteiger partial charge >= 0.3 is 0 Å². The average Bonchev–Trinajstić information content (AvgIpc) is 2.12. The monoisotopic (exact) mass is 226 g/mol. The highest BCUT2D eigenvalue weighted by atomic mass is 32.2. The van der Waals surface area contributed by atoms with Crippen LogP contribution in [0.3, 0.4) is 0 Å². The van der Waals surface area contributed by atoms with Crippen molar-refractivity contribution in [2.24, 2.45) is 0 Å². The summed E-state index contributed by atoms with van der Waals surface area (Å²) in [5.74, 6) is 1.56. The Morgan fingerprint density at radius 1 is 1.43 bits per heavy atom. The van der Waals surface area contributed by atoms with Crippen LogP contribution >= 0.6 is 24.4 Å². The topological polar surface area (TPSA) is 25.8 Å². The summed E-state index contributed by atoms with van der Waals surface area (Å²) in [6, 6.07) is 1.97. The van der Waals surface area contributed by atoms with E-state index in [1.807, 2.05) is 19.9 Å². The summed E-state index contributed by atoms with van der Waals surface area (Å²) < 4.78 is 0. The van der Waals surface area contributed by atoms with Crippen molar-refractivity contribution in [2.75, 3.05) is 11.5 Å². The van der Waals surface area contributed by atoms with Crippen LogP contribution in [0.1, 0.15) is 11.4 Å². The van der Waals surface area contributed by atoms with Gasteiger partial charge in [-0.1, -0.05) is 23.9 Å². The molecule has 4 heteroatoms. The Labute approximate surface area is 94.6 Å². The Kier molecular flexibility index (Phi) is 4.48. The van der Waals surface area contributed by atoms with E-state index in [9.17, 15) is 0 Å². The van der Waals surface area contributed by atoms with Gasteiger partial charge in [0, 0.05) is 22.9 Å². The third kappa shape index (κ3) is 3.72. The SMILES string of the molecule is C=C(CS)CSc1nc(C)cc(C)n1. The molecule has 0 amide bonds. The quantitative estimate of drug-likeness (QED) is 0.370. The van der Waals surface area contributed by atoms with Crippen LogP contribution in [0.25, 0.3) is 0 Å². The van der Waals surface area contributed by atoms with Gasteiger partial charge in [-0.2, -0.15) is 12.6 Å². The fourth-order valence-corrected chi connectivity index (χ4v) is 2.09. The van der Waals surface area contributed by atoms with Gasteiger partial charge in [0.05, 0.1) is 0 Å². The molecule has 1 heterocycles. The molecule has 76 valence electrons. The number of hydrogen-bond acceptors (Lipinski definition) is 4. The second kappa shape index (κ2) is 5.41. The summed E-state index contributed by atoms with van der Waals surface area (Å²) >= 11 is 5.76. The van der Waals surface area contributed by atoms with Crippen molar-refractivity contribution in [3.05, 3.63) is 29.6 Å². The van der Waals surface area contributed by atoms with Crippen molar-refractivity contribution in [1.82, 2.24) is 9.97 Å². The van der Waals surface area contributed by atoms with Crippen LogP contribution < -0.4 is 0 Å². The van der Waals surface area contributed by atoms with Gasteiger partial charge in [0.25, 0.3) is 0 Å². The molecule has 0 saturated heterocycles. The minimum Gasteiger partial charge on any atom is -0.228 e. The smallest absolute Gasteiger partial charge is 0.188 e. The van der Waals surface area contributed by atoms with Crippen LogP contribution in [0, 0.1) is 13.8 Å².